The maximum absolute atomic E-state index is 12.5. The van der Waals surface area contributed by atoms with E-state index in [9.17, 15) is 4.79 Å². The predicted octanol–water partition coefficient (Wildman–Crippen LogP) is 3.69. The SMILES string of the molecule is COc1ccc(NC(=O)c2ccc(SC)cc2OC)c(OC)c1. The van der Waals surface area contributed by atoms with E-state index in [1.807, 2.05) is 18.4 Å². The molecule has 2 aromatic carbocycles. The van der Waals surface area contributed by atoms with Crippen molar-refractivity contribution in [2.45, 2.75) is 4.90 Å². The van der Waals surface area contributed by atoms with Crippen LogP contribution in [0.5, 0.6) is 17.2 Å². The summed E-state index contributed by atoms with van der Waals surface area (Å²) in [6.45, 7) is 0. The summed E-state index contributed by atoms with van der Waals surface area (Å²) in [4.78, 5) is 13.6. The van der Waals surface area contributed by atoms with E-state index in [0.717, 1.165) is 4.90 Å². The standard InChI is InChI=1S/C17H19NO4S/c1-20-11-5-8-14(16(9-11)22-3)18-17(19)13-7-6-12(23-4)10-15(13)21-2/h5-10H,1-4H3,(H,18,19). The van der Waals surface area contributed by atoms with Gasteiger partial charge in [-0.3, -0.25) is 4.79 Å². The van der Waals surface area contributed by atoms with Crippen LogP contribution in [0.25, 0.3) is 0 Å². The lowest BCUT2D eigenvalue weighted by molar-refractivity contribution is 0.102. The van der Waals surface area contributed by atoms with Crippen molar-refractivity contribution in [1.82, 2.24) is 0 Å². The second kappa shape index (κ2) is 7.78. The lowest BCUT2D eigenvalue weighted by atomic mass is 10.1. The number of hydrogen-bond donors (Lipinski definition) is 1. The summed E-state index contributed by atoms with van der Waals surface area (Å²) in [5.41, 5.74) is 1.03. The fourth-order valence-electron chi connectivity index (χ4n) is 2.08. The predicted molar refractivity (Wildman–Crippen MR) is 92.3 cm³/mol. The molecule has 0 unspecified atom stereocenters. The van der Waals surface area contributed by atoms with Crippen molar-refractivity contribution < 1.29 is 19.0 Å². The molecule has 0 aliphatic heterocycles. The van der Waals surface area contributed by atoms with E-state index in [1.165, 1.54) is 7.11 Å². The third-order valence-corrected chi connectivity index (χ3v) is 4.04. The Labute approximate surface area is 139 Å². The Morgan fingerprint density at radius 2 is 1.70 bits per heavy atom. The molecule has 0 aliphatic carbocycles. The number of carbonyl (C=O) groups is 1. The van der Waals surface area contributed by atoms with Crippen LogP contribution in [0.3, 0.4) is 0 Å². The van der Waals surface area contributed by atoms with Gasteiger partial charge in [-0.2, -0.15) is 0 Å². The van der Waals surface area contributed by atoms with E-state index in [2.05, 4.69) is 5.32 Å². The summed E-state index contributed by atoms with van der Waals surface area (Å²) in [7, 11) is 4.66. The highest BCUT2D eigenvalue weighted by atomic mass is 32.2. The van der Waals surface area contributed by atoms with Crippen molar-refractivity contribution in [3.05, 3.63) is 42.0 Å². The van der Waals surface area contributed by atoms with Gasteiger partial charge in [0.05, 0.1) is 32.6 Å². The molecule has 0 bridgehead atoms. The molecule has 0 saturated heterocycles. The average molecular weight is 333 g/mol. The van der Waals surface area contributed by atoms with Crippen LogP contribution in [-0.2, 0) is 0 Å². The fourth-order valence-corrected chi connectivity index (χ4v) is 2.51. The number of rotatable bonds is 6. The van der Waals surface area contributed by atoms with Crippen LogP contribution in [0.4, 0.5) is 5.69 Å². The lowest BCUT2D eigenvalue weighted by Crippen LogP contribution is -2.14. The Bertz CT molecular complexity index is 703. The second-order valence-corrected chi connectivity index (χ2v) is 5.47. The molecule has 0 aliphatic rings. The topological polar surface area (TPSA) is 56.8 Å². The van der Waals surface area contributed by atoms with Gasteiger partial charge in [0.2, 0.25) is 0 Å². The van der Waals surface area contributed by atoms with Gasteiger partial charge in [-0.25, -0.2) is 0 Å². The number of carbonyl (C=O) groups excluding carboxylic acids is 1. The zero-order valence-corrected chi connectivity index (χ0v) is 14.3. The molecule has 0 fully saturated rings. The maximum Gasteiger partial charge on any atom is 0.259 e. The highest BCUT2D eigenvalue weighted by Crippen LogP contribution is 2.31. The van der Waals surface area contributed by atoms with E-state index in [1.54, 1.807) is 50.2 Å². The zero-order chi connectivity index (χ0) is 16.8. The summed E-state index contributed by atoms with van der Waals surface area (Å²) in [6, 6.07) is 10.7. The molecule has 2 rings (SSSR count). The number of amides is 1. The van der Waals surface area contributed by atoms with Gasteiger partial charge in [0.1, 0.15) is 17.2 Å². The molecule has 6 heteroatoms. The number of thioether (sulfide) groups is 1. The van der Waals surface area contributed by atoms with Crippen LogP contribution in [-0.4, -0.2) is 33.5 Å². The molecular formula is C17H19NO4S. The minimum absolute atomic E-state index is 0.266. The smallest absolute Gasteiger partial charge is 0.259 e. The van der Waals surface area contributed by atoms with E-state index < -0.39 is 0 Å². The lowest BCUT2D eigenvalue weighted by Gasteiger charge is -2.13. The molecule has 1 N–H and O–H groups in total. The number of hydrogen-bond acceptors (Lipinski definition) is 5. The van der Waals surface area contributed by atoms with Crippen molar-refractivity contribution >= 4 is 23.4 Å². The minimum Gasteiger partial charge on any atom is -0.497 e. The van der Waals surface area contributed by atoms with Crippen LogP contribution in [0.1, 0.15) is 10.4 Å². The summed E-state index contributed by atoms with van der Waals surface area (Å²) in [5.74, 6) is 1.44. The maximum atomic E-state index is 12.5. The van der Waals surface area contributed by atoms with Crippen molar-refractivity contribution in [1.29, 1.82) is 0 Å². The fraction of sp³-hybridized carbons (Fsp3) is 0.235. The molecule has 0 saturated carbocycles. The Morgan fingerprint density at radius 1 is 0.957 bits per heavy atom. The third-order valence-electron chi connectivity index (χ3n) is 3.31. The molecular weight excluding hydrogens is 314 g/mol. The van der Waals surface area contributed by atoms with Crippen LogP contribution in [0.2, 0.25) is 0 Å². The van der Waals surface area contributed by atoms with Gasteiger partial charge >= 0.3 is 0 Å². The third kappa shape index (κ3) is 3.90. The van der Waals surface area contributed by atoms with Crippen LogP contribution in [0.15, 0.2) is 41.3 Å². The van der Waals surface area contributed by atoms with Crippen molar-refractivity contribution in [3.8, 4) is 17.2 Å². The first kappa shape index (κ1) is 17.0. The molecule has 122 valence electrons. The number of methoxy groups -OCH3 is 3. The Hall–Kier alpha value is -2.34. The highest BCUT2D eigenvalue weighted by Gasteiger charge is 2.15. The van der Waals surface area contributed by atoms with Gasteiger partial charge in [-0.15, -0.1) is 11.8 Å². The number of ether oxygens (including phenoxy) is 3. The summed E-state index contributed by atoms with van der Waals surface area (Å²) in [6.07, 6.45) is 1.97. The van der Waals surface area contributed by atoms with Gasteiger partial charge in [-0.05, 0) is 36.6 Å². The summed E-state index contributed by atoms with van der Waals surface area (Å²) in [5, 5.41) is 2.83. The summed E-state index contributed by atoms with van der Waals surface area (Å²) < 4.78 is 15.8. The van der Waals surface area contributed by atoms with Gasteiger partial charge in [0, 0.05) is 11.0 Å². The molecule has 2 aromatic rings. The second-order valence-electron chi connectivity index (χ2n) is 4.59. The van der Waals surface area contributed by atoms with Crippen LogP contribution >= 0.6 is 11.8 Å². The normalized spacial score (nSPS) is 10.1. The molecule has 0 aromatic heterocycles. The van der Waals surface area contributed by atoms with E-state index in [4.69, 9.17) is 14.2 Å². The first-order chi connectivity index (χ1) is 11.1. The Morgan fingerprint density at radius 3 is 2.30 bits per heavy atom. The van der Waals surface area contributed by atoms with Crippen LogP contribution in [0, 0.1) is 0 Å². The zero-order valence-electron chi connectivity index (χ0n) is 13.5. The molecule has 5 nitrogen and oxygen atoms in total. The van der Waals surface area contributed by atoms with E-state index in [-0.39, 0.29) is 5.91 Å². The molecule has 0 heterocycles. The quantitative estimate of drug-likeness (QED) is 0.817. The Balaban J connectivity index is 2.29. The minimum atomic E-state index is -0.266. The highest BCUT2D eigenvalue weighted by molar-refractivity contribution is 7.98. The van der Waals surface area contributed by atoms with Gasteiger partial charge < -0.3 is 19.5 Å². The van der Waals surface area contributed by atoms with Gasteiger partial charge in [-0.1, -0.05) is 0 Å². The van der Waals surface area contributed by atoms with Gasteiger partial charge in [0.25, 0.3) is 5.91 Å². The first-order valence-electron chi connectivity index (χ1n) is 6.88. The van der Waals surface area contributed by atoms with Gasteiger partial charge in [0.15, 0.2) is 0 Å². The largest absolute Gasteiger partial charge is 0.497 e. The van der Waals surface area contributed by atoms with Crippen molar-refractivity contribution in [2.75, 3.05) is 32.9 Å². The molecule has 0 spiro atoms. The average Bonchev–Trinajstić information content (AvgIpc) is 2.61. The first-order valence-corrected chi connectivity index (χ1v) is 8.10. The van der Waals surface area contributed by atoms with E-state index in [0.29, 0.717) is 28.5 Å². The number of nitrogens with one attached hydrogen (secondary N) is 1. The monoisotopic (exact) mass is 333 g/mol. The Kier molecular flexibility index (Phi) is 5.76. The number of benzene rings is 2. The molecule has 0 radical (unpaired) electrons. The van der Waals surface area contributed by atoms with Crippen molar-refractivity contribution in [2.24, 2.45) is 0 Å². The van der Waals surface area contributed by atoms with E-state index >= 15 is 0 Å². The van der Waals surface area contributed by atoms with Crippen LogP contribution < -0.4 is 19.5 Å². The number of anilines is 1. The molecule has 23 heavy (non-hydrogen) atoms. The molecule has 1 amide bonds. The van der Waals surface area contributed by atoms with Crippen molar-refractivity contribution in [3.63, 3.8) is 0 Å². The summed E-state index contributed by atoms with van der Waals surface area (Å²) >= 11 is 1.59. The molecule has 0 atom stereocenters.